The molecule has 6 nitrogen and oxygen atoms in total. The van der Waals surface area contributed by atoms with E-state index >= 15 is 4.39 Å². The first-order chi connectivity index (χ1) is 16.0. The van der Waals surface area contributed by atoms with Gasteiger partial charge in [0.25, 0.3) is 5.78 Å². The molecule has 1 aromatic carbocycles. The number of aryl methyl sites for hydroxylation is 1. The summed E-state index contributed by atoms with van der Waals surface area (Å²) >= 11 is 6.72. The highest BCUT2D eigenvalue weighted by atomic mass is 35.5. The van der Waals surface area contributed by atoms with Crippen molar-refractivity contribution in [2.45, 2.75) is 40.7 Å². The van der Waals surface area contributed by atoms with E-state index in [0.29, 0.717) is 46.9 Å². The number of benzene rings is 1. The van der Waals surface area contributed by atoms with Crippen molar-refractivity contribution in [3.63, 3.8) is 0 Å². The van der Waals surface area contributed by atoms with Crippen molar-refractivity contribution in [3.8, 4) is 23.0 Å². The lowest BCUT2D eigenvalue weighted by Crippen LogP contribution is -2.43. The maximum atomic E-state index is 15.7. The first kappa shape index (κ1) is 25.7. The third-order valence-corrected chi connectivity index (χ3v) is 6.12. The van der Waals surface area contributed by atoms with E-state index in [2.05, 4.69) is 66.1 Å². The Morgan fingerprint density at radius 1 is 1.26 bits per heavy atom. The molecule has 3 aromatic rings. The standard InChI is InChI=1S/C26H32ClFN6/c1-9-12-33(18(3)26(4,5)6)24-22(23(27)31-25-29-16-30-34(24)25)21-17(2)14-19(15-20(21)28)11-10-13-32(7)8/h9,14-16,18H,1,12-13H2,2-8H3/t18-/m1/s1. The van der Waals surface area contributed by atoms with Gasteiger partial charge in [-0.2, -0.15) is 19.6 Å². The maximum absolute atomic E-state index is 15.7. The molecule has 180 valence electrons. The molecule has 0 bridgehead atoms. The van der Waals surface area contributed by atoms with Gasteiger partial charge in [-0.1, -0.05) is 50.3 Å². The summed E-state index contributed by atoms with van der Waals surface area (Å²) < 4.78 is 17.3. The Bertz CT molecular complexity index is 1240. The molecule has 0 fully saturated rings. The summed E-state index contributed by atoms with van der Waals surface area (Å²) in [6.07, 6.45) is 3.24. The van der Waals surface area contributed by atoms with Crippen LogP contribution < -0.4 is 4.90 Å². The van der Waals surface area contributed by atoms with Crippen LogP contribution >= 0.6 is 11.6 Å². The van der Waals surface area contributed by atoms with Crippen LogP contribution in [0.1, 0.15) is 38.8 Å². The summed E-state index contributed by atoms with van der Waals surface area (Å²) in [6, 6.07) is 3.36. The lowest BCUT2D eigenvalue weighted by Gasteiger charge is -2.39. The maximum Gasteiger partial charge on any atom is 0.255 e. The van der Waals surface area contributed by atoms with Crippen LogP contribution in [0.2, 0.25) is 5.15 Å². The van der Waals surface area contributed by atoms with Crippen LogP contribution in [0, 0.1) is 30.0 Å². The fourth-order valence-electron chi connectivity index (χ4n) is 3.75. The second-order valence-electron chi connectivity index (χ2n) is 9.75. The summed E-state index contributed by atoms with van der Waals surface area (Å²) in [5.74, 6) is 6.66. The molecule has 8 heteroatoms. The molecule has 2 heterocycles. The van der Waals surface area contributed by atoms with E-state index in [0.717, 1.165) is 0 Å². The lowest BCUT2D eigenvalue weighted by molar-refractivity contribution is 0.323. The molecule has 3 rings (SSSR count). The molecule has 0 amide bonds. The van der Waals surface area contributed by atoms with Gasteiger partial charge < -0.3 is 4.90 Å². The summed E-state index contributed by atoms with van der Waals surface area (Å²) in [5, 5.41) is 4.57. The number of hydrogen-bond acceptors (Lipinski definition) is 5. The summed E-state index contributed by atoms with van der Waals surface area (Å²) in [5.41, 5.74) is 2.07. The van der Waals surface area contributed by atoms with Crippen molar-refractivity contribution in [3.05, 3.63) is 53.2 Å². The van der Waals surface area contributed by atoms with Crippen LogP contribution in [-0.2, 0) is 0 Å². The van der Waals surface area contributed by atoms with Crippen LogP contribution in [-0.4, -0.2) is 57.7 Å². The highest BCUT2D eigenvalue weighted by Gasteiger charge is 2.32. The molecular weight excluding hydrogens is 451 g/mol. The SMILES string of the molecule is C=CCN(c1c(-c2c(C)cc(C#CCN(C)C)cc2F)c(Cl)nc2ncnn12)[C@H](C)C(C)(C)C. The minimum atomic E-state index is -0.416. The van der Waals surface area contributed by atoms with Crippen molar-refractivity contribution in [1.82, 2.24) is 24.5 Å². The largest absolute Gasteiger partial charge is 0.349 e. The van der Waals surface area contributed by atoms with Gasteiger partial charge in [-0.3, -0.25) is 4.90 Å². The zero-order valence-corrected chi connectivity index (χ0v) is 21.7. The minimum Gasteiger partial charge on any atom is -0.349 e. The molecule has 2 aromatic heterocycles. The van der Waals surface area contributed by atoms with Gasteiger partial charge in [0.05, 0.1) is 12.1 Å². The number of anilines is 1. The van der Waals surface area contributed by atoms with E-state index in [1.54, 1.807) is 4.52 Å². The molecule has 0 radical (unpaired) electrons. The Morgan fingerprint density at radius 2 is 1.97 bits per heavy atom. The van der Waals surface area contributed by atoms with E-state index in [1.807, 2.05) is 38.1 Å². The van der Waals surface area contributed by atoms with Gasteiger partial charge in [-0.05, 0) is 51.1 Å². The van der Waals surface area contributed by atoms with Crippen molar-refractivity contribution in [2.75, 3.05) is 32.1 Å². The van der Waals surface area contributed by atoms with Crippen LogP contribution in [0.4, 0.5) is 10.2 Å². The van der Waals surface area contributed by atoms with Gasteiger partial charge in [0.15, 0.2) is 0 Å². The minimum absolute atomic E-state index is 0.0367. The Hall–Kier alpha value is -2.95. The monoisotopic (exact) mass is 482 g/mol. The van der Waals surface area contributed by atoms with Crippen molar-refractivity contribution >= 4 is 23.2 Å². The Labute approximate surface area is 206 Å². The number of halogens is 2. The topological polar surface area (TPSA) is 49.6 Å². The number of aromatic nitrogens is 4. The number of rotatable bonds is 6. The second-order valence-corrected chi connectivity index (χ2v) is 10.1. The first-order valence-electron chi connectivity index (χ1n) is 11.2. The van der Waals surface area contributed by atoms with E-state index in [4.69, 9.17) is 11.6 Å². The van der Waals surface area contributed by atoms with Gasteiger partial charge in [0.2, 0.25) is 0 Å². The molecule has 0 N–H and O–H groups in total. The fraction of sp³-hybridized carbons (Fsp3) is 0.423. The highest BCUT2D eigenvalue weighted by molar-refractivity contribution is 6.33. The number of fused-ring (bicyclic) bond motifs is 1. The lowest BCUT2D eigenvalue weighted by atomic mass is 9.86. The van der Waals surface area contributed by atoms with Crippen LogP contribution in [0.25, 0.3) is 16.9 Å². The second kappa shape index (κ2) is 10.1. The first-order valence-corrected chi connectivity index (χ1v) is 11.5. The van der Waals surface area contributed by atoms with E-state index in [9.17, 15) is 0 Å². The predicted octanol–water partition coefficient (Wildman–Crippen LogP) is 5.23. The van der Waals surface area contributed by atoms with E-state index < -0.39 is 5.82 Å². The van der Waals surface area contributed by atoms with Gasteiger partial charge in [0.1, 0.15) is 23.1 Å². The smallest absolute Gasteiger partial charge is 0.255 e. The van der Waals surface area contributed by atoms with Crippen molar-refractivity contribution < 1.29 is 4.39 Å². The predicted molar refractivity (Wildman–Crippen MR) is 138 cm³/mol. The van der Waals surface area contributed by atoms with Gasteiger partial charge in [-0.15, -0.1) is 6.58 Å². The zero-order valence-electron chi connectivity index (χ0n) is 20.9. The molecule has 0 saturated carbocycles. The van der Waals surface area contributed by atoms with Crippen molar-refractivity contribution in [1.29, 1.82) is 0 Å². The normalized spacial score (nSPS) is 12.5. The third kappa shape index (κ3) is 5.24. The summed E-state index contributed by atoms with van der Waals surface area (Å²) in [4.78, 5) is 12.7. The average Bonchev–Trinajstić information content (AvgIpc) is 3.18. The third-order valence-electron chi connectivity index (χ3n) is 5.84. The van der Waals surface area contributed by atoms with Crippen LogP contribution in [0.15, 0.2) is 31.1 Å². The molecular formula is C26H32ClFN6. The Morgan fingerprint density at radius 3 is 2.56 bits per heavy atom. The molecule has 0 aliphatic rings. The molecule has 0 saturated heterocycles. The Kier molecular flexibility index (Phi) is 7.64. The van der Waals surface area contributed by atoms with Crippen LogP contribution in [0.3, 0.4) is 0 Å². The molecule has 0 unspecified atom stereocenters. The summed E-state index contributed by atoms with van der Waals surface area (Å²) in [7, 11) is 3.88. The van der Waals surface area contributed by atoms with E-state index in [-0.39, 0.29) is 16.6 Å². The molecule has 34 heavy (non-hydrogen) atoms. The Balaban J connectivity index is 2.31. The van der Waals surface area contributed by atoms with Crippen molar-refractivity contribution in [2.24, 2.45) is 5.41 Å². The van der Waals surface area contributed by atoms with Crippen LogP contribution in [0.5, 0.6) is 0 Å². The molecule has 1 atom stereocenters. The quantitative estimate of drug-likeness (QED) is 0.273. The highest BCUT2D eigenvalue weighted by Crippen LogP contribution is 2.41. The van der Waals surface area contributed by atoms with Gasteiger partial charge >= 0.3 is 0 Å². The van der Waals surface area contributed by atoms with Gasteiger partial charge in [-0.25, -0.2) is 4.39 Å². The average molecular weight is 483 g/mol. The molecule has 0 aliphatic heterocycles. The molecule has 0 spiro atoms. The number of hydrogen-bond donors (Lipinski definition) is 0. The fourth-order valence-corrected chi connectivity index (χ4v) is 4.00. The summed E-state index contributed by atoms with van der Waals surface area (Å²) in [6.45, 7) is 15.5. The van der Waals surface area contributed by atoms with E-state index in [1.165, 1.54) is 12.4 Å². The number of nitrogens with zero attached hydrogens (tertiary/aromatic N) is 6. The van der Waals surface area contributed by atoms with Gasteiger partial charge in [0, 0.05) is 23.7 Å². The molecule has 0 aliphatic carbocycles. The zero-order chi connectivity index (χ0) is 25.2.